The molecule has 38 heavy (non-hydrogen) atoms. The van der Waals surface area contributed by atoms with Gasteiger partial charge in [0.15, 0.2) is 0 Å². The number of methoxy groups -OCH3 is 1. The molecule has 2 aromatic rings. The first-order chi connectivity index (χ1) is 18.3. The molecule has 204 valence electrons. The molecule has 2 aromatic carbocycles. The van der Waals surface area contributed by atoms with Crippen LogP contribution in [0.4, 0.5) is 4.79 Å². The molecule has 0 spiro atoms. The van der Waals surface area contributed by atoms with Gasteiger partial charge in [0.2, 0.25) is 5.90 Å². The summed E-state index contributed by atoms with van der Waals surface area (Å²) in [6.45, 7) is 7.59. The molecule has 1 N–H and O–H groups in total. The second-order valence-corrected chi connectivity index (χ2v) is 9.58. The zero-order chi connectivity index (χ0) is 27.5. The first-order valence-corrected chi connectivity index (χ1v) is 13.1. The van der Waals surface area contributed by atoms with Crippen molar-refractivity contribution < 1.29 is 28.9 Å². The van der Waals surface area contributed by atoms with E-state index in [0.717, 1.165) is 33.7 Å². The van der Waals surface area contributed by atoms with Gasteiger partial charge < -0.3 is 24.2 Å². The Balaban J connectivity index is 1.74. The van der Waals surface area contributed by atoms with Gasteiger partial charge in [-0.3, -0.25) is 4.79 Å². The highest BCUT2D eigenvalue weighted by molar-refractivity contribution is 5.94. The monoisotopic (exact) mass is 522 g/mol. The molecular weight excluding hydrogens is 484 g/mol. The van der Waals surface area contributed by atoms with Crippen molar-refractivity contribution in [2.24, 2.45) is 10.9 Å². The van der Waals surface area contributed by atoms with Gasteiger partial charge in [0.05, 0.1) is 20.3 Å². The molecule has 8 heteroatoms. The number of carbonyl (C=O) groups excluding carboxylic acids is 1. The third-order valence-electron chi connectivity index (χ3n) is 6.28. The number of allylic oxidation sites excluding steroid dienone is 1. The molecule has 0 fully saturated rings. The Kier molecular flexibility index (Phi) is 10.8. The molecule has 0 aliphatic carbocycles. The molecule has 1 aliphatic rings. The van der Waals surface area contributed by atoms with E-state index in [4.69, 9.17) is 14.2 Å². The smallest absolute Gasteiger partial charge is 0.410 e. The molecule has 8 nitrogen and oxygen atoms in total. The summed E-state index contributed by atoms with van der Waals surface area (Å²) in [5.41, 5.74) is 4.64. The second-order valence-electron chi connectivity index (χ2n) is 9.58. The van der Waals surface area contributed by atoms with Crippen molar-refractivity contribution in [1.82, 2.24) is 4.90 Å². The minimum absolute atomic E-state index is 0.0242. The van der Waals surface area contributed by atoms with Crippen molar-refractivity contribution in [2.75, 3.05) is 26.9 Å². The lowest BCUT2D eigenvalue weighted by Gasteiger charge is -2.31. The molecule has 0 aromatic heterocycles. The number of benzene rings is 2. The molecule has 1 aliphatic heterocycles. The summed E-state index contributed by atoms with van der Waals surface area (Å²) in [6, 6.07) is 13.5. The Morgan fingerprint density at radius 1 is 1.11 bits per heavy atom. The molecule has 1 heterocycles. The van der Waals surface area contributed by atoms with Crippen LogP contribution in [0, 0.1) is 5.92 Å². The van der Waals surface area contributed by atoms with Crippen molar-refractivity contribution in [2.45, 2.75) is 53.0 Å². The van der Waals surface area contributed by atoms with Crippen LogP contribution in [-0.2, 0) is 33.7 Å². The molecule has 0 atom stereocenters. The number of rotatable bonds is 11. The van der Waals surface area contributed by atoms with Crippen LogP contribution >= 0.6 is 0 Å². The number of nitrogens with zero attached hydrogens (tertiary/aromatic N) is 2. The van der Waals surface area contributed by atoms with Gasteiger partial charge in [-0.25, -0.2) is 9.79 Å². The highest BCUT2D eigenvalue weighted by atomic mass is 16.6. The summed E-state index contributed by atoms with van der Waals surface area (Å²) < 4.78 is 17.2. The highest BCUT2D eigenvalue weighted by Crippen LogP contribution is 2.32. The number of aliphatic carboxylic acids is 1. The summed E-state index contributed by atoms with van der Waals surface area (Å²) >= 11 is 0. The first-order valence-electron chi connectivity index (χ1n) is 13.1. The number of carbonyl (C=O) groups is 2. The van der Waals surface area contributed by atoms with E-state index in [-0.39, 0.29) is 18.4 Å². The van der Waals surface area contributed by atoms with E-state index in [1.54, 1.807) is 12.0 Å². The van der Waals surface area contributed by atoms with Crippen LogP contribution in [0.5, 0.6) is 5.75 Å². The van der Waals surface area contributed by atoms with E-state index in [1.165, 1.54) is 0 Å². The number of aliphatic imine (C=N–C) groups is 1. The number of carboxylic acid groups (broad SMARTS) is 1. The molecule has 0 unspecified atom stereocenters. The lowest BCUT2D eigenvalue weighted by atomic mass is 9.92. The molecule has 0 radical (unpaired) electrons. The van der Waals surface area contributed by atoms with Crippen LogP contribution in [0.15, 0.2) is 59.2 Å². The van der Waals surface area contributed by atoms with E-state index in [9.17, 15) is 14.7 Å². The van der Waals surface area contributed by atoms with Crippen molar-refractivity contribution >= 4 is 18.0 Å². The molecule has 0 saturated heterocycles. The predicted octanol–water partition coefficient (Wildman–Crippen LogP) is 5.62. The van der Waals surface area contributed by atoms with Gasteiger partial charge >= 0.3 is 12.1 Å². The van der Waals surface area contributed by atoms with Crippen LogP contribution in [-0.4, -0.2) is 54.8 Å². The average Bonchev–Trinajstić information content (AvgIpc) is 2.92. The van der Waals surface area contributed by atoms with Gasteiger partial charge in [-0.15, -0.1) is 0 Å². The maximum absolute atomic E-state index is 12.6. The minimum Gasteiger partial charge on any atom is -0.493 e. The lowest BCUT2D eigenvalue weighted by Crippen LogP contribution is -2.37. The Hall–Kier alpha value is -3.81. The number of amides is 1. The largest absolute Gasteiger partial charge is 0.493 e. The fourth-order valence-electron chi connectivity index (χ4n) is 4.27. The standard InChI is InChI=1S/C30H38N2O6/c1-5-24(31-29(36-4)23-9-7-6-8-10-23)16-18-37-27-13-11-22(12-14-28(33)34)26-19-32(17-15-25(26)27)30(35)38-20-21(2)3/h5-11,13,21H,12,14-20H2,1-4H3,(H,33,34)/b24-5+,31-29?. The molecule has 0 bridgehead atoms. The topological polar surface area (TPSA) is 97.7 Å². The van der Waals surface area contributed by atoms with Crippen molar-refractivity contribution in [3.8, 4) is 5.75 Å². The molecule has 3 rings (SSSR count). The van der Waals surface area contributed by atoms with Gasteiger partial charge in [-0.05, 0) is 55.0 Å². The van der Waals surface area contributed by atoms with E-state index in [1.807, 2.05) is 69.3 Å². The third kappa shape index (κ3) is 8.10. The first kappa shape index (κ1) is 28.8. The maximum Gasteiger partial charge on any atom is 0.410 e. The average molecular weight is 523 g/mol. The number of ether oxygens (including phenoxy) is 3. The fraction of sp³-hybridized carbons (Fsp3) is 0.433. The molecular formula is C30H38N2O6. The van der Waals surface area contributed by atoms with Crippen LogP contribution in [0.25, 0.3) is 0 Å². The van der Waals surface area contributed by atoms with E-state index in [0.29, 0.717) is 51.5 Å². The summed E-state index contributed by atoms with van der Waals surface area (Å²) in [6.07, 6.45) is 3.21. The minimum atomic E-state index is -0.853. The van der Waals surface area contributed by atoms with Crippen LogP contribution in [0.2, 0.25) is 0 Å². The quantitative estimate of drug-likeness (QED) is 0.304. The summed E-state index contributed by atoms with van der Waals surface area (Å²) in [5.74, 6) is 0.696. The van der Waals surface area contributed by atoms with Crippen LogP contribution in [0.3, 0.4) is 0 Å². The van der Waals surface area contributed by atoms with Gasteiger partial charge in [0, 0.05) is 42.8 Å². The van der Waals surface area contributed by atoms with Gasteiger partial charge in [-0.2, -0.15) is 0 Å². The highest BCUT2D eigenvalue weighted by Gasteiger charge is 2.26. The Labute approximate surface area is 224 Å². The zero-order valence-corrected chi connectivity index (χ0v) is 22.7. The fourth-order valence-corrected chi connectivity index (χ4v) is 4.27. The number of hydrogen-bond donors (Lipinski definition) is 1. The van der Waals surface area contributed by atoms with Crippen LogP contribution in [0.1, 0.15) is 55.9 Å². The Morgan fingerprint density at radius 3 is 2.53 bits per heavy atom. The summed E-state index contributed by atoms with van der Waals surface area (Å²) in [5, 5.41) is 9.21. The van der Waals surface area contributed by atoms with E-state index in [2.05, 4.69) is 4.99 Å². The van der Waals surface area contributed by atoms with Crippen molar-refractivity contribution in [3.05, 3.63) is 76.5 Å². The zero-order valence-electron chi connectivity index (χ0n) is 22.7. The van der Waals surface area contributed by atoms with Crippen molar-refractivity contribution in [3.63, 3.8) is 0 Å². The Bertz CT molecular complexity index is 1160. The van der Waals surface area contributed by atoms with Gasteiger partial charge in [0.25, 0.3) is 0 Å². The number of aryl methyl sites for hydroxylation is 1. The summed E-state index contributed by atoms with van der Waals surface area (Å²) in [4.78, 5) is 30.2. The SMILES string of the molecule is C/C=C(\CCOc1ccc(CCC(=O)O)c2c1CCN(C(=O)OCC(C)C)C2)N=C(OC)c1ccccc1. The van der Waals surface area contributed by atoms with Gasteiger partial charge in [0.1, 0.15) is 5.75 Å². The molecule has 0 saturated carbocycles. The number of carboxylic acids is 1. The van der Waals surface area contributed by atoms with E-state index >= 15 is 0 Å². The van der Waals surface area contributed by atoms with Crippen molar-refractivity contribution in [1.29, 1.82) is 0 Å². The van der Waals surface area contributed by atoms with Crippen LogP contribution < -0.4 is 4.74 Å². The van der Waals surface area contributed by atoms with E-state index < -0.39 is 5.97 Å². The Morgan fingerprint density at radius 2 is 1.87 bits per heavy atom. The van der Waals surface area contributed by atoms with Gasteiger partial charge in [-0.1, -0.05) is 44.2 Å². The molecule has 1 amide bonds. The third-order valence-corrected chi connectivity index (χ3v) is 6.28. The number of hydrogen-bond acceptors (Lipinski definition) is 6. The maximum atomic E-state index is 12.6. The number of fused-ring (bicyclic) bond motifs is 1. The second kappa shape index (κ2) is 14.2. The normalized spacial score (nSPS) is 13.8. The predicted molar refractivity (Wildman–Crippen MR) is 147 cm³/mol. The lowest BCUT2D eigenvalue weighted by molar-refractivity contribution is -0.136. The summed E-state index contributed by atoms with van der Waals surface area (Å²) in [7, 11) is 1.61.